The van der Waals surface area contributed by atoms with Crippen molar-refractivity contribution < 1.29 is 92.0 Å². The molecule has 12 aliphatic carbocycles. The molecule has 550 valence electrons. The average molecular weight is 1390 g/mol. The van der Waals surface area contributed by atoms with Gasteiger partial charge >= 0.3 is 53.7 Å². The minimum atomic E-state index is -0.947. The van der Waals surface area contributed by atoms with Crippen LogP contribution in [0, 0.1) is 188 Å². The predicted molar refractivity (Wildman–Crippen MR) is 363 cm³/mol. The zero-order valence-electron chi connectivity index (χ0n) is 60.5. The second-order valence-electron chi connectivity index (χ2n) is 36.1. The molecule has 16 aliphatic rings. The van der Waals surface area contributed by atoms with Crippen LogP contribution >= 0.6 is 0 Å². The summed E-state index contributed by atoms with van der Waals surface area (Å²) < 4.78 is 25.3. The summed E-state index contributed by atoms with van der Waals surface area (Å²) in [6.07, 6.45) is 33.3. The first-order valence-electron chi connectivity index (χ1n) is 38.4. The Hall–Kier alpha value is -5.50. The molecule has 100 heavy (non-hydrogen) atoms. The number of Topliss-reactive ketones (excluding diaryl/α,β-unsaturated/α-hetero) is 1. The lowest BCUT2D eigenvalue weighted by Crippen LogP contribution is -2.50. The van der Waals surface area contributed by atoms with Crippen LogP contribution in [0.15, 0.2) is 48.6 Å². The van der Waals surface area contributed by atoms with Gasteiger partial charge < -0.3 is 33.9 Å². The van der Waals surface area contributed by atoms with Crippen molar-refractivity contribution in [2.24, 2.45) is 188 Å². The molecule has 16 rings (SSSR count). The van der Waals surface area contributed by atoms with Crippen LogP contribution in [0.5, 0.6) is 0 Å². The summed E-state index contributed by atoms with van der Waals surface area (Å²) >= 11 is 0. The number of aliphatic hydroxyl groups excluding tert-OH is 2. The lowest BCUT2D eigenvalue weighted by Gasteiger charge is -2.46. The number of carbonyl (C=O) groups excluding carboxylic acids is 10. The molecule has 4 heterocycles. The molecular weight excluding hydrogens is 1280 g/mol. The second-order valence-corrected chi connectivity index (χ2v) is 36.1. The molecular formula is C81H112O19. The van der Waals surface area contributed by atoms with Crippen molar-refractivity contribution in [2.75, 3.05) is 19.8 Å². The number of allylic oxidation sites excluding steroid dienone is 6. The van der Waals surface area contributed by atoms with Gasteiger partial charge in [0.05, 0.1) is 54.1 Å². The number of ether oxygens (including phenoxy) is 5. The zero-order valence-corrected chi connectivity index (χ0v) is 60.5. The number of ketones is 1. The fourth-order valence-corrected chi connectivity index (χ4v) is 24.6. The van der Waals surface area contributed by atoms with Gasteiger partial charge in [0.2, 0.25) is 0 Å². The molecule has 0 aromatic rings. The molecule has 12 bridgehead atoms. The van der Waals surface area contributed by atoms with Gasteiger partial charge in [0.1, 0.15) is 12.4 Å². The summed E-state index contributed by atoms with van der Waals surface area (Å²) in [6, 6.07) is 0. The highest BCUT2D eigenvalue weighted by atomic mass is 17.1. The molecule has 0 spiro atoms. The molecule has 19 heteroatoms. The molecule has 19 nitrogen and oxygen atoms in total. The van der Waals surface area contributed by atoms with Gasteiger partial charge in [-0.15, -0.1) is 0 Å². The van der Waals surface area contributed by atoms with Gasteiger partial charge in [0.25, 0.3) is 0 Å². The van der Waals surface area contributed by atoms with E-state index < -0.39 is 118 Å². The van der Waals surface area contributed by atoms with Crippen molar-refractivity contribution >= 4 is 59.5 Å². The van der Waals surface area contributed by atoms with Crippen LogP contribution in [0.2, 0.25) is 0 Å². The highest BCUT2D eigenvalue weighted by Crippen LogP contribution is 2.70. The Bertz CT molecular complexity index is 3230. The van der Waals surface area contributed by atoms with E-state index in [0.717, 1.165) is 86.2 Å². The largest absolute Gasteiger partial charge is 0.463 e. The summed E-state index contributed by atoms with van der Waals surface area (Å²) in [6.45, 7) is 21.0. The van der Waals surface area contributed by atoms with E-state index in [4.69, 9.17) is 28.9 Å². The topological polar surface area (TPSA) is 287 Å². The minimum absolute atomic E-state index is 0.0140. The maximum absolute atomic E-state index is 14.4. The molecule has 0 amide bonds. The monoisotopic (exact) mass is 1390 g/mol. The molecule has 3 saturated heterocycles. The lowest BCUT2D eigenvalue weighted by atomic mass is 9.54. The maximum Gasteiger partial charge on any atom is 0.338 e. The predicted octanol–water partition coefficient (Wildman–Crippen LogP) is 11.9. The average Bonchev–Trinajstić information content (AvgIpc) is 1.53. The van der Waals surface area contributed by atoms with E-state index in [1.165, 1.54) is 44.9 Å². The van der Waals surface area contributed by atoms with E-state index in [0.29, 0.717) is 36.5 Å². The summed E-state index contributed by atoms with van der Waals surface area (Å²) in [5, 5.41) is 27.9. The van der Waals surface area contributed by atoms with E-state index in [1.807, 2.05) is 20.8 Å². The van der Waals surface area contributed by atoms with E-state index in [9.17, 15) is 58.3 Å². The van der Waals surface area contributed by atoms with Crippen LogP contribution < -0.4 is 0 Å². The molecule has 0 aromatic carbocycles. The van der Waals surface area contributed by atoms with Crippen LogP contribution in [-0.2, 0) is 76.5 Å². The number of aliphatic hydroxyl groups is 2. The fourth-order valence-electron chi connectivity index (χ4n) is 24.6. The van der Waals surface area contributed by atoms with E-state index >= 15 is 0 Å². The molecule has 0 aromatic heterocycles. The van der Waals surface area contributed by atoms with Crippen molar-refractivity contribution in [1.29, 1.82) is 0 Å². The van der Waals surface area contributed by atoms with Crippen molar-refractivity contribution in [3.05, 3.63) is 48.6 Å². The first kappa shape index (κ1) is 74.2. The molecule has 12 fully saturated rings. The second kappa shape index (κ2) is 29.9. The lowest BCUT2D eigenvalue weighted by molar-refractivity contribution is -0.297. The molecule has 31 unspecified atom stereocenters. The summed E-state index contributed by atoms with van der Waals surface area (Å²) in [5.74, 6) is -5.52. The number of rotatable bonds is 14. The van der Waals surface area contributed by atoms with Gasteiger partial charge in [0.15, 0.2) is 0 Å². The number of hydrogen-bond acceptors (Lipinski definition) is 19. The van der Waals surface area contributed by atoms with Crippen LogP contribution in [0.4, 0.5) is 0 Å². The van der Waals surface area contributed by atoms with Gasteiger partial charge in [0, 0.05) is 36.5 Å². The van der Waals surface area contributed by atoms with Crippen LogP contribution in [0.3, 0.4) is 0 Å². The number of fused-ring (bicyclic) bond motifs is 12. The smallest absolute Gasteiger partial charge is 0.338 e. The maximum atomic E-state index is 14.4. The Morgan fingerprint density at radius 3 is 1.59 bits per heavy atom. The Morgan fingerprint density at radius 1 is 0.510 bits per heavy atom. The highest BCUT2D eigenvalue weighted by Gasteiger charge is 2.72. The van der Waals surface area contributed by atoms with E-state index in [1.54, 1.807) is 6.92 Å². The SMILES string of the molecule is CC(C)(C)CC1CC2C=CCC1C2.CC1CC2C=CCC1C2.CC1CC2CC1C(C1C(=O)OC(=O)C1C1C3CC(C(=O)C(C)(C)C)C(C3)C1C1C(=O)OC(=O)C1C1C3CC(C(CCO)OO)C(C3)C1C)C2C1C(=O)OC(=O)C1C.O=C(OCCO)C1CC2CC=CC1C2.O=C1C=CC(=O)O1. The molecule has 31 atom stereocenters. The van der Waals surface area contributed by atoms with Gasteiger partial charge in [-0.3, -0.25) is 43.6 Å². The summed E-state index contributed by atoms with van der Waals surface area (Å²) in [4.78, 5) is 134. The third-order valence-electron chi connectivity index (χ3n) is 28.2. The van der Waals surface area contributed by atoms with Gasteiger partial charge in [-0.05, 0) is 238 Å². The Balaban J connectivity index is 0.000000174. The van der Waals surface area contributed by atoms with E-state index in [-0.39, 0.29) is 109 Å². The van der Waals surface area contributed by atoms with Crippen molar-refractivity contribution in [3.8, 4) is 0 Å². The van der Waals surface area contributed by atoms with Gasteiger partial charge in [-0.1, -0.05) is 106 Å². The van der Waals surface area contributed by atoms with Crippen LogP contribution in [0.1, 0.15) is 178 Å². The van der Waals surface area contributed by atoms with Crippen LogP contribution in [0.25, 0.3) is 0 Å². The number of carbonyl (C=O) groups is 10. The summed E-state index contributed by atoms with van der Waals surface area (Å²) in [5.41, 5.74) is -0.141. The first-order valence-corrected chi connectivity index (χ1v) is 38.4. The van der Waals surface area contributed by atoms with Crippen molar-refractivity contribution in [3.63, 3.8) is 0 Å². The standard InChI is InChI=1S/C44H58O13.C13H22.C11H16O3.C9H14.C4H2O3/c1-15-9-18-10-21(15)31(29(18)28-17(3)38(47)54-39(28)48)35-34(41(50)56-42(35)51)30-20-13-24(25(14-20)37(46)44(4,5)6)32(30)36-33(40(49)55-43(36)52)27-16(2)22-11-19(27)12-23(22)26(57-53)7-8-45;1-13(2,3)9-12-8-10-5-4-6-11(12)7-10;12-4-5-14-11(13)10-7-8-2-1-3-9(10)6-8;1-7-5-8-3-2-4-9(7)6-8;5-3-1-2-4(6)7-3/h15-36,45,53H,7-14H2,1-6H3;4-5,10-12H,6-9H2,1-3H3;1,3,8-10,12H,2,4-7H2;2-3,7-9H,4-6H2,1H3;1-2H. The number of hydrogen-bond donors (Lipinski definition) is 3. The quantitative estimate of drug-likeness (QED) is 0.0364. The molecule has 9 saturated carbocycles. The molecule has 4 aliphatic heterocycles. The van der Waals surface area contributed by atoms with Crippen LogP contribution in [-0.4, -0.2) is 101 Å². The normalized spacial score (nSPS) is 44.0. The molecule has 0 radical (unpaired) electrons. The summed E-state index contributed by atoms with van der Waals surface area (Å²) in [7, 11) is 0. The third-order valence-corrected chi connectivity index (χ3v) is 28.2. The van der Waals surface area contributed by atoms with E-state index in [2.05, 4.69) is 82.7 Å². The van der Waals surface area contributed by atoms with Crippen molar-refractivity contribution in [1.82, 2.24) is 0 Å². The fraction of sp³-hybridized carbons (Fsp3) is 0.778. The minimum Gasteiger partial charge on any atom is -0.463 e. The third kappa shape index (κ3) is 14.7. The van der Waals surface area contributed by atoms with Gasteiger partial charge in [-0.2, -0.15) is 0 Å². The molecule has 3 N–H and O–H groups in total. The van der Waals surface area contributed by atoms with Gasteiger partial charge in [-0.25, -0.2) is 14.5 Å². The first-order chi connectivity index (χ1) is 47.5. The zero-order chi connectivity index (χ0) is 71.7. The van der Waals surface area contributed by atoms with Crippen molar-refractivity contribution in [2.45, 2.75) is 184 Å². The Kier molecular flexibility index (Phi) is 22.2. The Labute approximate surface area is 590 Å². The number of esters is 9. The Morgan fingerprint density at radius 2 is 1.05 bits per heavy atom. The highest BCUT2D eigenvalue weighted by molar-refractivity contribution is 6.05. The number of cyclic esters (lactones) is 8.